The first-order valence-electron chi connectivity index (χ1n) is 21.9. The van der Waals surface area contributed by atoms with Crippen molar-refractivity contribution in [1.82, 2.24) is 0 Å². The van der Waals surface area contributed by atoms with Crippen LogP contribution in [0.5, 0.6) is 0 Å². The van der Waals surface area contributed by atoms with Crippen molar-refractivity contribution in [3.63, 3.8) is 0 Å². The Bertz CT molecular complexity index is 1730. The fourth-order valence-corrected chi connectivity index (χ4v) is 13.1. The fraction of sp³-hybridized carbons (Fsp3) is 0.529. The molecular weight excluding hydrogens is 993 g/mol. The van der Waals surface area contributed by atoms with E-state index >= 15 is 0 Å². The molecule has 4 aromatic rings. The molecule has 0 aromatic heterocycles. The minimum absolute atomic E-state index is 0.0211. The molecule has 7 rings (SSSR count). The monoisotopic (exact) mass is 1060 g/mol. The smallest absolute Gasteiger partial charge is 0.0222 e. The van der Waals surface area contributed by atoms with Crippen LogP contribution in [0, 0.1) is 10.7 Å². The van der Waals surface area contributed by atoms with Crippen molar-refractivity contribution in [2.75, 3.05) is 0 Å². The molecule has 3 aliphatic rings. The predicted octanol–water partition coefficient (Wildman–Crippen LogP) is 17.4. The van der Waals surface area contributed by atoms with Crippen molar-refractivity contribution in [3.8, 4) is 33.4 Å². The molecule has 0 spiro atoms. The van der Waals surface area contributed by atoms with Crippen molar-refractivity contribution in [2.45, 2.75) is 173 Å². The summed E-state index contributed by atoms with van der Waals surface area (Å²) in [5.41, 5.74) is 20.0. The van der Waals surface area contributed by atoms with E-state index in [1.807, 2.05) is 0 Å². The third-order valence-corrected chi connectivity index (χ3v) is 16.0. The van der Waals surface area contributed by atoms with Crippen LogP contribution in [0.1, 0.15) is 190 Å². The molecule has 0 heterocycles. The molecule has 0 bridgehead atoms. The zero-order chi connectivity index (χ0) is 38.3. The van der Waals surface area contributed by atoms with E-state index in [2.05, 4.69) is 164 Å². The summed E-state index contributed by atoms with van der Waals surface area (Å²) < 4.78 is 4.17. The lowest BCUT2D eigenvalue weighted by molar-refractivity contribution is 0.401. The lowest BCUT2D eigenvalue weighted by Crippen LogP contribution is -2.31. The topological polar surface area (TPSA) is 0 Å². The van der Waals surface area contributed by atoms with E-state index in [1.54, 1.807) is 66.8 Å². The van der Waals surface area contributed by atoms with Gasteiger partial charge in [-0.2, -0.15) is 0 Å². The van der Waals surface area contributed by atoms with Crippen molar-refractivity contribution >= 4 is 67.8 Å². The van der Waals surface area contributed by atoms with Crippen LogP contribution < -0.4 is 0 Å². The van der Waals surface area contributed by atoms with Crippen LogP contribution in [0.25, 0.3) is 33.4 Å². The Labute approximate surface area is 369 Å². The van der Waals surface area contributed by atoms with Crippen molar-refractivity contribution in [3.05, 3.63) is 98.7 Å². The molecule has 54 heavy (non-hydrogen) atoms. The standard InChI is InChI=1S/C51H63I3/c1-7-13-25-49(26-14-8-2)40-31-34(52)19-22-37(40)43-46(49)44-38-23-20-35(53)32-41(38)50(27-15-9-3,28-16-10-4)48(44)45-39-24-21-36(54)33-42(39)51(47(43)45,29-17-11-5)30-18-12-6/h19-24,31-33H,7-18,25-30H2,1-6H3. The molecule has 0 saturated carbocycles. The number of fused-ring (bicyclic) bond motifs is 12. The summed E-state index contributed by atoms with van der Waals surface area (Å²) in [4.78, 5) is 0. The van der Waals surface area contributed by atoms with Crippen LogP contribution in [0.3, 0.4) is 0 Å². The zero-order valence-corrected chi connectivity index (χ0v) is 40.5. The summed E-state index contributed by atoms with van der Waals surface area (Å²) in [5, 5.41) is 0. The third kappa shape index (κ3) is 6.53. The van der Waals surface area contributed by atoms with Gasteiger partial charge >= 0.3 is 0 Å². The second-order valence-corrected chi connectivity index (χ2v) is 20.9. The number of hydrogen-bond donors (Lipinski definition) is 0. The summed E-state index contributed by atoms with van der Waals surface area (Å²) >= 11 is 7.87. The van der Waals surface area contributed by atoms with Gasteiger partial charge in [0.1, 0.15) is 0 Å². The second-order valence-electron chi connectivity index (χ2n) is 17.2. The van der Waals surface area contributed by atoms with Crippen molar-refractivity contribution < 1.29 is 0 Å². The molecular formula is C51H63I3. The summed E-state index contributed by atoms with van der Waals surface area (Å²) in [7, 11) is 0. The number of hydrogen-bond acceptors (Lipinski definition) is 0. The average molecular weight is 1060 g/mol. The zero-order valence-electron chi connectivity index (χ0n) is 34.1. The number of unbranched alkanes of at least 4 members (excludes halogenated alkanes) is 6. The average Bonchev–Trinajstić information content (AvgIpc) is 3.72. The van der Waals surface area contributed by atoms with Gasteiger partial charge in [0.2, 0.25) is 0 Å². The maximum Gasteiger partial charge on any atom is 0.0222 e. The Balaban J connectivity index is 1.78. The molecule has 0 N–H and O–H groups in total. The maximum absolute atomic E-state index is 2.65. The van der Waals surface area contributed by atoms with E-state index in [-0.39, 0.29) is 16.2 Å². The normalized spacial score (nSPS) is 16.2. The Morgan fingerprint density at radius 3 is 0.778 bits per heavy atom. The molecule has 0 saturated heterocycles. The molecule has 0 amide bonds. The highest BCUT2D eigenvalue weighted by Crippen LogP contribution is 2.71. The predicted molar refractivity (Wildman–Crippen MR) is 260 cm³/mol. The number of halogens is 3. The van der Waals surface area contributed by atoms with Gasteiger partial charge in [-0.05, 0) is 209 Å². The number of benzene rings is 4. The Morgan fingerprint density at radius 1 is 0.352 bits per heavy atom. The van der Waals surface area contributed by atoms with Crippen LogP contribution in [0.4, 0.5) is 0 Å². The molecule has 0 unspecified atom stereocenters. The molecule has 0 radical (unpaired) electrons. The third-order valence-electron chi connectivity index (χ3n) is 14.0. The minimum Gasteiger partial charge on any atom is -0.0654 e. The molecule has 0 nitrogen and oxygen atoms in total. The minimum atomic E-state index is 0.0211. The van der Waals surface area contributed by atoms with E-state index in [0.29, 0.717) is 0 Å². The van der Waals surface area contributed by atoms with Crippen LogP contribution in [-0.2, 0) is 16.2 Å². The SMILES string of the molecule is CCCCC1(CCCC)c2cc(I)ccc2-c2c1c1c(c3c2C(CCCC)(CCCC)c2cc(I)ccc2-3)C(CCCC)(CCCC)c2cc(I)ccc2-1. The largest absolute Gasteiger partial charge is 0.0654 e. The van der Waals surface area contributed by atoms with Gasteiger partial charge in [0.15, 0.2) is 0 Å². The van der Waals surface area contributed by atoms with Gasteiger partial charge < -0.3 is 0 Å². The first-order valence-corrected chi connectivity index (χ1v) is 25.1. The van der Waals surface area contributed by atoms with Gasteiger partial charge in [-0.25, -0.2) is 0 Å². The van der Waals surface area contributed by atoms with Gasteiger partial charge in [0, 0.05) is 27.0 Å². The van der Waals surface area contributed by atoms with Crippen LogP contribution in [0.15, 0.2) is 54.6 Å². The second kappa shape index (κ2) is 17.1. The highest BCUT2D eigenvalue weighted by Gasteiger charge is 2.57. The van der Waals surface area contributed by atoms with Gasteiger partial charge in [-0.1, -0.05) is 137 Å². The summed E-state index contributed by atoms with van der Waals surface area (Å²) in [6.45, 7) is 14.5. The van der Waals surface area contributed by atoms with Crippen LogP contribution in [0.2, 0.25) is 0 Å². The first-order chi connectivity index (χ1) is 26.2. The Kier molecular flexibility index (Phi) is 13.1. The molecule has 3 heteroatoms. The van der Waals surface area contributed by atoms with Crippen LogP contribution >= 0.6 is 67.8 Å². The molecule has 4 aromatic carbocycles. The summed E-state index contributed by atoms with van der Waals surface area (Å²) in [6, 6.07) is 23.0. The molecule has 3 aliphatic carbocycles. The number of rotatable bonds is 18. The molecule has 0 atom stereocenters. The van der Waals surface area contributed by atoms with Gasteiger partial charge in [-0.15, -0.1) is 0 Å². The lowest BCUT2D eigenvalue weighted by atomic mass is 9.63. The fourth-order valence-electron chi connectivity index (χ4n) is 11.6. The van der Waals surface area contributed by atoms with Crippen LogP contribution in [-0.4, -0.2) is 0 Å². The lowest BCUT2D eigenvalue weighted by Gasteiger charge is -2.39. The van der Waals surface area contributed by atoms with Crippen molar-refractivity contribution in [1.29, 1.82) is 0 Å². The Hall–Kier alpha value is -0.930. The van der Waals surface area contributed by atoms with E-state index in [4.69, 9.17) is 0 Å². The maximum atomic E-state index is 2.65. The highest BCUT2D eigenvalue weighted by molar-refractivity contribution is 14.1. The van der Waals surface area contributed by atoms with E-state index in [0.717, 1.165) is 0 Å². The molecule has 0 aliphatic heterocycles. The Morgan fingerprint density at radius 2 is 0.574 bits per heavy atom. The van der Waals surface area contributed by atoms with E-state index < -0.39 is 0 Å². The summed E-state index contributed by atoms with van der Waals surface area (Å²) in [5.74, 6) is 0. The van der Waals surface area contributed by atoms with E-state index in [9.17, 15) is 0 Å². The first kappa shape index (κ1) is 41.2. The van der Waals surface area contributed by atoms with Gasteiger partial charge in [0.25, 0.3) is 0 Å². The molecule has 0 fully saturated rings. The van der Waals surface area contributed by atoms with Gasteiger partial charge in [0.05, 0.1) is 0 Å². The highest BCUT2D eigenvalue weighted by atomic mass is 127. The summed E-state index contributed by atoms with van der Waals surface area (Å²) in [6.07, 6.45) is 22.5. The molecule has 288 valence electrons. The van der Waals surface area contributed by atoms with Crippen molar-refractivity contribution in [2.24, 2.45) is 0 Å². The quantitative estimate of drug-likeness (QED) is 0.0871. The van der Waals surface area contributed by atoms with E-state index in [1.165, 1.54) is 126 Å². The van der Waals surface area contributed by atoms with Gasteiger partial charge in [-0.3, -0.25) is 0 Å².